The average Bonchev–Trinajstić information content (AvgIpc) is 3.25. The molecular weight excluding hydrogens is 242 g/mol. The van der Waals surface area contributed by atoms with E-state index in [1.54, 1.807) is 7.05 Å². The van der Waals surface area contributed by atoms with Crippen molar-refractivity contribution in [3.63, 3.8) is 0 Å². The topological polar surface area (TPSA) is 58.6 Å². The molecule has 4 heteroatoms. The second-order valence-corrected chi connectivity index (χ2v) is 5.05. The summed E-state index contributed by atoms with van der Waals surface area (Å²) in [6, 6.07) is 7.78. The van der Waals surface area contributed by atoms with Crippen molar-refractivity contribution in [2.45, 2.75) is 31.7 Å². The van der Waals surface area contributed by atoms with Gasteiger partial charge in [-0.15, -0.1) is 0 Å². The fraction of sp³-hybridized carbons (Fsp3) is 0.533. The van der Waals surface area contributed by atoms with Crippen molar-refractivity contribution in [3.8, 4) is 5.75 Å². The van der Waals surface area contributed by atoms with Crippen LogP contribution in [0.15, 0.2) is 24.3 Å². The van der Waals surface area contributed by atoms with Crippen LogP contribution >= 0.6 is 0 Å². The molecule has 0 aromatic heterocycles. The van der Waals surface area contributed by atoms with Gasteiger partial charge in [0.2, 0.25) is 0 Å². The molecule has 0 spiro atoms. The number of carbonyl (C=O) groups is 1. The first-order valence-corrected chi connectivity index (χ1v) is 6.77. The molecule has 1 unspecified atom stereocenters. The molecule has 0 radical (unpaired) electrons. The maximum atomic E-state index is 11.6. The summed E-state index contributed by atoms with van der Waals surface area (Å²) >= 11 is 0. The zero-order valence-electron chi connectivity index (χ0n) is 11.5. The second kappa shape index (κ2) is 5.61. The smallest absolute Gasteiger partial charge is 0.327 e. The molecule has 0 amide bonds. The Labute approximate surface area is 113 Å². The Kier molecular flexibility index (Phi) is 4.10. The molecule has 1 aliphatic rings. The van der Waals surface area contributed by atoms with E-state index >= 15 is 0 Å². The molecule has 0 bridgehead atoms. The van der Waals surface area contributed by atoms with Crippen LogP contribution in [0.3, 0.4) is 0 Å². The summed E-state index contributed by atoms with van der Waals surface area (Å²) in [5, 5.41) is 12.5. The second-order valence-electron chi connectivity index (χ2n) is 5.05. The molecule has 0 heterocycles. The molecule has 1 atom stereocenters. The Morgan fingerprint density at radius 3 is 2.68 bits per heavy atom. The Bertz CT molecular complexity index is 456. The predicted molar refractivity (Wildman–Crippen MR) is 73.5 cm³/mol. The number of ether oxygens (including phenoxy) is 1. The first-order valence-electron chi connectivity index (χ1n) is 6.77. The van der Waals surface area contributed by atoms with Gasteiger partial charge in [-0.25, -0.2) is 0 Å². The minimum absolute atomic E-state index is 0.167. The SMILES string of the molecule is CCc1ccccc1OCC(NC)(C(=O)O)C1CC1. The van der Waals surface area contributed by atoms with Crippen LogP contribution in [0.25, 0.3) is 0 Å². The molecule has 2 rings (SSSR count). The maximum Gasteiger partial charge on any atom is 0.327 e. The van der Waals surface area contributed by atoms with Crippen molar-refractivity contribution in [2.75, 3.05) is 13.7 Å². The van der Waals surface area contributed by atoms with Gasteiger partial charge in [-0.2, -0.15) is 0 Å². The van der Waals surface area contributed by atoms with Crippen LogP contribution in [0, 0.1) is 5.92 Å². The summed E-state index contributed by atoms with van der Waals surface area (Å²) in [5.41, 5.74) is 0.148. The third kappa shape index (κ3) is 2.73. The van der Waals surface area contributed by atoms with Crippen LogP contribution in [0.5, 0.6) is 5.75 Å². The van der Waals surface area contributed by atoms with Crippen molar-refractivity contribution in [2.24, 2.45) is 5.92 Å². The van der Waals surface area contributed by atoms with Crippen LogP contribution in [-0.4, -0.2) is 30.3 Å². The number of hydrogen-bond donors (Lipinski definition) is 2. The lowest BCUT2D eigenvalue weighted by Gasteiger charge is -2.29. The van der Waals surface area contributed by atoms with Crippen molar-refractivity contribution in [1.29, 1.82) is 0 Å². The van der Waals surface area contributed by atoms with Crippen LogP contribution in [-0.2, 0) is 11.2 Å². The third-order valence-electron chi connectivity index (χ3n) is 3.91. The van der Waals surface area contributed by atoms with Gasteiger partial charge in [-0.1, -0.05) is 25.1 Å². The van der Waals surface area contributed by atoms with E-state index in [2.05, 4.69) is 12.2 Å². The van der Waals surface area contributed by atoms with Crippen molar-refractivity contribution >= 4 is 5.97 Å². The number of benzene rings is 1. The number of hydrogen-bond acceptors (Lipinski definition) is 3. The van der Waals surface area contributed by atoms with Crippen molar-refractivity contribution in [1.82, 2.24) is 5.32 Å². The van der Waals surface area contributed by atoms with E-state index in [4.69, 9.17) is 4.74 Å². The molecule has 19 heavy (non-hydrogen) atoms. The van der Waals surface area contributed by atoms with Crippen LogP contribution in [0.2, 0.25) is 0 Å². The number of para-hydroxylation sites is 1. The van der Waals surface area contributed by atoms with E-state index in [1.165, 1.54) is 0 Å². The lowest BCUT2D eigenvalue weighted by Crippen LogP contribution is -2.56. The largest absolute Gasteiger partial charge is 0.491 e. The van der Waals surface area contributed by atoms with Crippen molar-refractivity contribution in [3.05, 3.63) is 29.8 Å². The number of aliphatic carboxylic acids is 1. The molecule has 4 nitrogen and oxygen atoms in total. The van der Waals surface area contributed by atoms with Crippen LogP contribution < -0.4 is 10.1 Å². The standard InChI is InChI=1S/C15H21NO3/c1-3-11-6-4-5-7-13(11)19-10-15(16-2,14(17)18)12-8-9-12/h4-7,12,16H,3,8-10H2,1-2H3,(H,17,18). The minimum Gasteiger partial charge on any atom is -0.491 e. The molecule has 2 N–H and O–H groups in total. The number of aryl methyl sites for hydroxylation is 1. The Morgan fingerprint density at radius 1 is 1.47 bits per heavy atom. The molecule has 1 aliphatic carbocycles. The minimum atomic E-state index is -0.957. The summed E-state index contributed by atoms with van der Waals surface area (Å²) in [6.07, 6.45) is 2.77. The molecule has 0 saturated heterocycles. The van der Waals surface area contributed by atoms with E-state index in [9.17, 15) is 9.90 Å². The first-order chi connectivity index (χ1) is 9.14. The Morgan fingerprint density at radius 2 is 2.16 bits per heavy atom. The highest BCUT2D eigenvalue weighted by Crippen LogP contribution is 2.40. The van der Waals surface area contributed by atoms with E-state index in [1.807, 2.05) is 24.3 Å². The lowest BCUT2D eigenvalue weighted by atomic mass is 9.94. The molecule has 104 valence electrons. The Balaban J connectivity index is 2.13. The molecule has 1 aromatic rings. The molecule has 0 aliphatic heterocycles. The molecular formula is C15H21NO3. The van der Waals surface area contributed by atoms with E-state index in [0.29, 0.717) is 0 Å². The van der Waals surface area contributed by atoms with Gasteiger partial charge in [0, 0.05) is 0 Å². The maximum absolute atomic E-state index is 11.6. The summed E-state index contributed by atoms with van der Waals surface area (Å²) < 4.78 is 5.80. The van der Waals surface area contributed by atoms with Gasteiger partial charge in [0.05, 0.1) is 0 Å². The summed E-state index contributed by atoms with van der Waals surface area (Å²) in [7, 11) is 1.70. The predicted octanol–water partition coefficient (Wildman–Crippen LogP) is 2.08. The number of carboxylic acids is 1. The highest BCUT2D eigenvalue weighted by atomic mass is 16.5. The fourth-order valence-corrected chi connectivity index (χ4v) is 2.44. The molecule has 1 fully saturated rings. The summed E-state index contributed by atoms with van der Waals surface area (Å²) in [6.45, 7) is 2.23. The molecule has 1 aromatic carbocycles. The van der Waals surface area contributed by atoms with Gasteiger partial charge in [0.25, 0.3) is 0 Å². The van der Waals surface area contributed by atoms with E-state index < -0.39 is 11.5 Å². The lowest BCUT2D eigenvalue weighted by molar-refractivity contribution is -0.147. The van der Waals surface area contributed by atoms with Gasteiger partial charge in [-0.05, 0) is 43.9 Å². The van der Waals surface area contributed by atoms with Crippen LogP contribution in [0.4, 0.5) is 0 Å². The van der Waals surface area contributed by atoms with Crippen LogP contribution in [0.1, 0.15) is 25.3 Å². The zero-order chi connectivity index (χ0) is 13.9. The van der Waals surface area contributed by atoms with Gasteiger partial charge in [-0.3, -0.25) is 4.79 Å². The monoisotopic (exact) mass is 263 g/mol. The van der Waals surface area contributed by atoms with Crippen molar-refractivity contribution < 1.29 is 14.6 Å². The Hall–Kier alpha value is -1.55. The quantitative estimate of drug-likeness (QED) is 0.790. The summed E-state index contributed by atoms with van der Waals surface area (Å²) in [4.78, 5) is 11.6. The third-order valence-corrected chi connectivity index (χ3v) is 3.91. The van der Waals surface area contributed by atoms with E-state index in [0.717, 1.165) is 30.6 Å². The average molecular weight is 263 g/mol. The highest BCUT2D eigenvalue weighted by Gasteiger charge is 2.51. The number of carboxylic acid groups (broad SMARTS) is 1. The van der Waals surface area contributed by atoms with Gasteiger partial charge in [0.1, 0.15) is 12.4 Å². The molecule has 1 saturated carbocycles. The zero-order valence-corrected chi connectivity index (χ0v) is 11.5. The fourth-order valence-electron chi connectivity index (χ4n) is 2.44. The normalized spacial score (nSPS) is 17.8. The highest BCUT2D eigenvalue weighted by molar-refractivity contribution is 5.80. The van der Waals surface area contributed by atoms with E-state index in [-0.39, 0.29) is 12.5 Å². The summed E-state index contributed by atoms with van der Waals surface area (Å²) in [5.74, 6) is 0.127. The first kappa shape index (κ1) is 13.9. The number of likely N-dealkylation sites (N-methyl/N-ethyl adjacent to an activating group) is 1. The van der Waals surface area contributed by atoms with Gasteiger partial charge < -0.3 is 15.2 Å². The van der Waals surface area contributed by atoms with Gasteiger partial charge in [0.15, 0.2) is 5.54 Å². The number of rotatable bonds is 7. The van der Waals surface area contributed by atoms with Gasteiger partial charge >= 0.3 is 5.97 Å². The number of nitrogens with one attached hydrogen (secondary N) is 1.